The second-order valence-electron chi connectivity index (χ2n) is 3.81. The van der Waals surface area contributed by atoms with Crippen LogP contribution in [0.3, 0.4) is 0 Å². The molecule has 2 atom stereocenters. The van der Waals surface area contributed by atoms with E-state index in [0.717, 1.165) is 0 Å². The normalized spacial score (nSPS) is 17.8. The third kappa shape index (κ3) is 5.08. The summed E-state index contributed by atoms with van der Waals surface area (Å²) in [6, 6.07) is 2.01. The van der Waals surface area contributed by atoms with E-state index in [-0.39, 0.29) is 5.66 Å². The van der Waals surface area contributed by atoms with Gasteiger partial charge in [-0.05, 0) is 5.92 Å². The highest BCUT2D eigenvalue weighted by atomic mass is 31.2. The Hall–Kier alpha value is -0.320. The highest BCUT2D eigenvalue weighted by Crippen LogP contribution is 2.49. The molecule has 13 heavy (non-hydrogen) atoms. The van der Waals surface area contributed by atoms with Gasteiger partial charge in [0, 0.05) is 18.7 Å². The van der Waals surface area contributed by atoms with Gasteiger partial charge in [-0.1, -0.05) is 20.8 Å². The van der Waals surface area contributed by atoms with Crippen LogP contribution in [0.25, 0.3) is 0 Å². The summed E-state index contributed by atoms with van der Waals surface area (Å²) in [7, 11) is -2.58. The molecule has 0 aromatic rings. The number of hydrogen-bond acceptors (Lipinski definition) is 3. The molecule has 0 heterocycles. The molecule has 0 aliphatic heterocycles. The molecule has 0 bridgehead atoms. The van der Waals surface area contributed by atoms with Crippen LogP contribution in [0.2, 0.25) is 0 Å². The van der Waals surface area contributed by atoms with Crippen molar-refractivity contribution in [2.24, 2.45) is 5.92 Å². The molecule has 0 saturated heterocycles. The lowest BCUT2D eigenvalue weighted by Gasteiger charge is -2.19. The molecule has 0 radical (unpaired) electrons. The summed E-state index contributed by atoms with van der Waals surface area (Å²) < 4.78 is 17.1. The molecule has 2 unspecified atom stereocenters. The maximum atomic E-state index is 11.8. The van der Waals surface area contributed by atoms with Crippen molar-refractivity contribution in [2.45, 2.75) is 32.9 Å². The van der Waals surface area contributed by atoms with E-state index < -0.39 is 7.37 Å². The summed E-state index contributed by atoms with van der Waals surface area (Å²) in [5.74, 6) is 0.377. The van der Waals surface area contributed by atoms with Gasteiger partial charge >= 0.3 is 0 Å². The predicted octanol–water partition coefficient (Wildman–Crippen LogP) is 2.87. The van der Waals surface area contributed by atoms with Crippen molar-refractivity contribution in [3.8, 4) is 6.07 Å². The first kappa shape index (κ1) is 12.7. The van der Waals surface area contributed by atoms with Crippen LogP contribution in [0.5, 0.6) is 0 Å². The van der Waals surface area contributed by atoms with Gasteiger partial charge < -0.3 is 4.52 Å². The van der Waals surface area contributed by atoms with Gasteiger partial charge in [0.1, 0.15) is 0 Å². The summed E-state index contributed by atoms with van der Waals surface area (Å²) in [6.45, 7) is 7.93. The van der Waals surface area contributed by atoms with Crippen LogP contribution in [0.1, 0.15) is 27.2 Å². The first-order valence-electron chi connectivity index (χ1n) is 4.48. The van der Waals surface area contributed by atoms with Crippen molar-refractivity contribution in [1.82, 2.24) is 0 Å². The third-order valence-electron chi connectivity index (χ3n) is 1.85. The molecule has 0 aliphatic carbocycles. The lowest BCUT2D eigenvalue weighted by Crippen LogP contribution is -2.08. The van der Waals surface area contributed by atoms with Gasteiger partial charge in [-0.3, -0.25) is 4.57 Å². The summed E-state index contributed by atoms with van der Waals surface area (Å²) in [4.78, 5) is 0. The Morgan fingerprint density at radius 3 is 2.38 bits per heavy atom. The molecular formula is C9H18NO2P. The van der Waals surface area contributed by atoms with Crippen LogP contribution in [-0.4, -0.2) is 18.9 Å². The molecule has 0 aliphatic rings. The van der Waals surface area contributed by atoms with Crippen LogP contribution in [0.4, 0.5) is 0 Å². The number of nitriles is 1. The first-order chi connectivity index (χ1) is 5.90. The molecule has 0 N–H and O–H groups in total. The monoisotopic (exact) mass is 203 g/mol. The van der Waals surface area contributed by atoms with Gasteiger partial charge in [0.2, 0.25) is 7.37 Å². The van der Waals surface area contributed by atoms with Crippen molar-refractivity contribution in [3.63, 3.8) is 0 Å². The number of nitrogens with zero attached hydrogens (tertiary/aromatic N) is 1. The quantitative estimate of drug-likeness (QED) is 0.645. The molecule has 0 fully saturated rings. The number of rotatable bonds is 5. The zero-order valence-corrected chi connectivity index (χ0v) is 9.67. The summed E-state index contributed by atoms with van der Waals surface area (Å²) >= 11 is 0. The van der Waals surface area contributed by atoms with E-state index in [9.17, 15) is 4.57 Å². The standard InChI is InChI=1S/C9H18NO2P/c1-8(2)7-12-13(4,11)9(3)5-6-10/h8-9H,5,7H2,1-4H3. The highest BCUT2D eigenvalue weighted by molar-refractivity contribution is 7.58. The molecule has 0 aromatic carbocycles. The lowest BCUT2D eigenvalue weighted by atomic mass is 10.2. The highest BCUT2D eigenvalue weighted by Gasteiger charge is 2.24. The predicted molar refractivity (Wildman–Crippen MR) is 54.0 cm³/mol. The van der Waals surface area contributed by atoms with Crippen LogP contribution in [-0.2, 0) is 9.09 Å². The second-order valence-corrected chi connectivity index (χ2v) is 6.77. The molecular weight excluding hydrogens is 185 g/mol. The van der Waals surface area contributed by atoms with E-state index in [1.54, 1.807) is 13.6 Å². The van der Waals surface area contributed by atoms with Crippen molar-refractivity contribution in [1.29, 1.82) is 5.26 Å². The largest absolute Gasteiger partial charge is 0.328 e. The van der Waals surface area contributed by atoms with Crippen molar-refractivity contribution in [3.05, 3.63) is 0 Å². The minimum absolute atomic E-state index is 0.156. The molecule has 76 valence electrons. The minimum atomic E-state index is -2.58. The Kier molecular flexibility index (Phi) is 5.29. The molecule has 0 amide bonds. The van der Waals surface area contributed by atoms with E-state index >= 15 is 0 Å². The molecule has 0 spiro atoms. The Balaban J connectivity index is 4.08. The summed E-state index contributed by atoms with van der Waals surface area (Å²) in [6.07, 6.45) is 0.297. The van der Waals surface area contributed by atoms with E-state index in [1.165, 1.54) is 0 Å². The first-order valence-corrected chi connectivity index (χ1v) is 6.63. The fraction of sp³-hybridized carbons (Fsp3) is 0.889. The van der Waals surface area contributed by atoms with Gasteiger partial charge in [0.25, 0.3) is 0 Å². The lowest BCUT2D eigenvalue weighted by molar-refractivity contribution is 0.269. The fourth-order valence-electron chi connectivity index (χ4n) is 0.722. The van der Waals surface area contributed by atoms with Crippen LogP contribution < -0.4 is 0 Å². The van der Waals surface area contributed by atoms with E-state index in [2.05, 4.69) is 0 Å². The van der Waals surface area contributed by atoms with Crippen LogP contribution in [0.15, 0.2) is 0 Å². The van der Waals surface area contributed by atoms with E-state index in [0.29, 0.717) is 18.9 Å². The Labute approximate surface area is 80.5 Å². The molecule has 4 heteroatoms. The second kappa shape index (κ2) is 5.42. The average Bonchev–Trinajstić information content (AvgIpc) is 2.01. The van der Waals surface area contributed by atoms with Crippen molar-refractivity contribution < 1.29 is 9.09 Å². The average molecular weight is 203 g/mol. The molecule has 3 nitrogen and oxygen atoms in total. The van der Waals surface area contributed by atoms with Crippen LogP contribution in [0, 0.1) is 17.2 Å². The SMILES string of the molecule is CC(C)COP(C)(=O)C(C)CC#N. The van der Waals surface area contributed by atoms with Gasteiger partial charge in [-0.2, -0.15) is 5.26 Å². The third-order valence-corrected chi connectivity index (χ3v) is 4.30. The summed E-state index contributed by atoms with van der Waals surface area (Å²) in [5.41, 5.74) is -0.156. The van der Waals surface area contributed by atoms with Gasteiger partial charge in [0.05, 0.1) is 12.7 Å². The van der Waals surface area contributed by atoms with Gasteiger partial charge in [-0.15, -0.1) is 0 Å². The zero-order chi connectivity index (χ0) is 10.5. The van der Waals surface area contributed by atoms with E-state index in [1.807, 2.05) is 19.9 Å². The summed E-state index contributed by atoms with van der Waals surface area (Å²) in [5, 5.41) is 8.45. The molecule has 0 aromatic heterocycles. The van der Waals surface area contributed by atoms with Crippen LogP contribution >= 0.6 is 7.37 Å². The van der Waals surface area contributed by atoms with Crippen molar-refractivity contribution >= 4 is 7.37 Å². The van der Waals surface area contributed by atoms with Gasteiger partial charge in [0.15, 0.2) is 0 Å². The minimum Gasteiger partial charge on any atom is -0.328 e. The maximum Gasteiger partial charge on any atom is 0.203 e. The Bertz CT molecular complexity index is 232. The van der Waals surface area contributed by atoms with Crippen molar-refractivity contribution in [2.75, 3.05) is 13.3 Å². The smallest absolute Gasteiger partial charge is 0.203 e. The fourth-order valence-corrected chi connectivity index (χ4v) is 1.98. The molecule has 0 rings (SSSR count). The van der Waals surface area contributed by atoms with E-state index in [4.69, 9.17) is 9.79 Å². The Morgan fingerprint density at radius 2 is 2.00 bits per heavy atom. The zero-order valence-electron chi connectivity index (χ0n) is 8.78. The maximum absolute atomic E-state index is 11.8. The topological polar surface area (TPSA) is 50.1 Å². The molecule has 0 saturated carbocycles. The Morgan fingerprint density at radius 1 is 1.46 bits per heavy atom. The van der Waals surface area contributed by atoms with Gasteiger partial charge in [-0.25, -0.2) is 0 Å². The number of hydrogen-bond donors (Lipinski definition) is 0.